The molecule has 0 saturated heterocycles. The number of ether oxygens (including phenoxy) is 2. The van der Waals surface area contributed by atoms with Crippen molar-refractivity contribution in [3.05, 3.63) is 99.7 Å². The van der Waals surface area contributed by atoms with E-state index in [9.17, 15) is 4.79 Å². The van der Waals surface area contributed by atoms with Crippen molar-refractivity contribution in [2.24, 2.45) is 0 Å². The van der Waals surface area contributed by atoms with E-state index in [1.165, 1.54) is 5.56 Å². The molecule has 0 saturated carbocycles. The monoisotopic (exact) mass is 488 g/mol. The maximum absolute atomic E-state index is 13.6. The van der Waals surface area contributed by atoms with Crippen molar-refractivity contribution in [2.75, 3.05) is 14.2 Å². The summed E-state index contributed by atoms with van der Waals surface area (Å²) in [6.45, 7) is 4.81. The maximum atomic E-state index is 13.6. The fourth-order valence-electron chi connectivity index (χ4n) is 4.06. The van der Waals surface area contributed by atoms with E-state index in [1.807, 2.05) is 61.5 Å². The molecular weight excluding hydrogens is 460 g/mol. The predicted octanol–water partition coefficient (Wildman–Crippen LogP) is 6.62. The molecule has 35 heavy (non-hydrogen) atoms. The molecule has 4 aromatic rings. The van der Waals surface area contributed by atoms with E-state index in [4.69, 9.17) is 21.1 Å². The number of methoxy groups -OCH3 is 2. The lowest BCUT2D eigenvalue weighted by Crippen LogP contribution is -2.30. The molecule has 0 spiro atoms. The molecule has 180 valence electrons. The zero-order chi connectivity index (χ0) is 24.9. The Balaban J connectivity index is 1.72. The van der Waals surface area contributed by atoms with Crippen LogP contribution < -0.4 is 9.47 Å². The van der Waals surface area contributed by atoms with Crippen LogP contribution in [0.4, 0.5) is 0 Å². The predicted molar refractivity (Wildman–Crippen MR) is 140 cm³/mol. The molecule has 0 aliphatic rings. The van der Waals surface area contributed by atoms with Gasteiger partial charge in [-0.3, -0.25) is 4.79 Å². The number of carbonyl (C=O) groups excluding carboxylic acids is 1. The summed E-state index contributed by atoms with van der Waals surface area (Å²) in [5.41, 5.74) is 5.50. The fraction of sp³-hybridized carbons (Fsp3) is 0.241. The number of pyridine rings is 1. The molecule has 0 radical (unpaired) electrons. The summed E-state index contributed by atoms with van der Waals surface area (Å²) in [4.78, 5) is 20.0. The first-order valence-electron chi connectivity index (χ1n) is 11.6. The summed E-state index contributed by atoms with van der Waals surface area (Å²) in [6.07, 6.45) is 0.936. The largest absolute Gasteiger partial charge is 0.493 e. The SMILES string of the molecule is CCc1ccc2nc(Cl)c(CN(Cc3ccc(OC)c(OC)c3)C(=O)c3ccc(C)cc3)cc2c1. The van der Waals surface area contributed by atoms with Gasteiger partial charge in [0.1, 0.15) is 5.15 Å². The molecule has 0 fully saturated rings. The molecule has 1 aromatic heterocycles. The summed E-state index contributed by atoms with van der Waals surface area (Å²) >= 11 is 6.60. The van der Waals surface area contributed by atoms with Gasteiger partial charge >= 0.3 is 0 Å². The number of aromatic nitrogens is 1. The number of carbonyl (C=O) groups is 1. The zero-order valence-electron chi connectivity index (χ0n) is 20.5. The van der Waals surface area contributed by atoms with Gasteiger partial charge in [0.05, 0.1) is 19.7 Å². The molecule has 1 heterocycles. The highest BCUT2D eigenvalue weighted by atomic mass is 35.5. The lowest BCUT2D eigenvalue weighted by Gasteiger charge is -2.24. The number of hydrogen-bond acceptors (Lipinski definition) is 4. The van der Waals surface area contributed by atoms with Crippen LogP contribution in [0.15, 0.2) is 66.7 Å². The highest BCUT2D eigenvalue weighted by Crippen LogP contribution is 2.29. The topological polar surface area (TPSA) is 51.7 Å². The van der Waals surface area contributed by atoms with Gasteiger partial charge in [-0.25, -0.2) is 4.98 Å². The van der Waals surface area contributed by atoms with Gasteiger partial charge in [-0.2, -0.15) is 0 Å². The molecule has 6 heteroatoms. The van der Waals surface area contributed by atoms with Crippen LogP contribution in [0.5, 0.6) is 11.5 Å². The highest BCUT2D eigenvalue weighted by molar-refractivity contribution is 6.30. The number of benzene rings is 3. The normalized spacial score (nSPS) is 10.9. The Morgan fingerprint density at radius 3 is 2.29 bits per heavy atom. The Hall–Kier alpha value is -3.57. The standard InChI is InChI=1S/C29H29ClN2O3/c1-5-20-8-12-25-23(14-20)16-24(28(30)31-25)18-32(29(33)22-10-6-19(2)7-11-22)17-21-9-13-26(34-3)27(15-21)35-4/h6-16H,5,17-18H2,1-4H3. The number of halogens is 1. The molecule has 4 rings (SSSR count). The minimum Gasteiger partial charge on any atom is -0.493 e. The van der Waals surface area contributed by atoms with Gasteiger partial charge in [-0.15, -0.1) is 0 Å². The van der Waals surface area contributed by atoms with Crippen molar-refractivity contribution in [2.45, 2.75) is 33.4 Å². The second kappa shape index (κ2) is 10.8. The van der Waals surface area contributed by atoms with Crippen molar-refractivity contribution >= 4 is 28.4 Å². The molecule has 0 bridgehead atoms. The second-order valence-electron chi connectivity index (χ2n) is 8.54. The van der Waals surface area contributed by atoms with Gasteiger partial charge in [0.25, 0.3) is 5.91 Å². The van der Waals surface area contributed by atoms with Crippen LogP contribution >= 0.6 is 11.6 Å². The van der Waals surface area contributed by atoms with Crippen molar-refractivity contribution in [3.8, 4) is 11.5 Å². The van der Waals surface area contributed by atoms with Crippen LogP contribution in [0.3, 0.4) is 0 Å². The minimum absolute atomic E-state index is 0.0849. The number of amides is 1. The van der Waals surface area contributed by atoms with Gasteiger partial charge in [0.2, 0.25) is 0 Å². The van der Waals surface area contributed by atoms with E-state index in [0.29, 0.717) is 35.3 Å². The molecule has 0 atom stereocenters. The summed E-state index contributed by atoms with van der Waals surface area (Å²) in [6, 6.07) is 21.5. The molecule has 5 nitrogen and oxygen atoms in total. The molecule has 1 amide bonds. The lowest BCUT2D eigenvalue weighted by molar-refractivity contribution is 0.0730. The van der Waals surface area contributed by atoms with Gasteiger partial charge in [0.15, 0.2) is 11.5 Å². The number of rotatable bonds is 8. The molecule has 0 unspecified atom stereocenters. The Labute approximate surface area is 211 Å². The Morgan fingerprint density at radius 1 is 0.886 bits per heavy atom. The van der Waals surface area contributed by atoms with Gasteiger partial charge in [0, 0.05) is 29.6 Å². The van der Waals surface area contributed by atoms with Crippen molar-refractivity contribution in [1.29, 1.82) is 0 Å². The van der Waals surface area contributed by atoms with Crippen LogP contribution in [0, 0.1) is 6.92 Å². The molecule has 0 aliphatic carbocycles. The Morgan fingerprint density at radius 2 is 1.60 bits per heavy atom. The van der Waals surface area contributed by atoms with Crippen molar-refractivity contribution < 1.29 is 14.3 Å². The number of aryl methyl sites for hydroxylation is 2. The number of fused-ring (bicyclic) bond motifs is 1. The fourth-order valence-corrected chi connectivity index (χ4v) is 4.27. The van der Waals surface area contributed by atoms with E-state index in [-0.39, 0.29) is 5.91 Å². The average molecular weight is 489 g/mol. The summed E-state index contributed by atoms with van der Waals surface area (Å²) in [5.74, 6) is 1.17. The third kappa shape index (κ3) is 5.57. The third-order valence-corrected chi connectivity index (χ3v) is 6.41. The quantitative estimate of drug-likeness (QED) is 0.261. The zero-order valence-corrected chi connectivity index (χ0v) is 21.2. The molecule has 3 aromatic carbocycles. The minimum atomic E-state index is -0.0849. The second-order valence-corrected chi connectivity index (χ2v) is 8.89. The van der Waals surface area contributed by atoms with E-state index < -0.39 is 0 Å². The highest BCUT2D eigenvalue weighted by Gasteiger charge is 2.20. The smallest absolute Gasteiger partial charge is 0.254 e. The first kappa shape index (κ1) is 24.6. The summed E-state index contributed by atoms with van der Waals surface area (Å²) < 4.78 is 10.8. The van der Waals surface area contributed by atoms with Gasteiger partial charge < -0.3 is 14.4 Å². The Kier molecular flexibility index (Phi) is 7.57. The first-order valence-corrected chi connectivity index (χ1v) is 11.9. The van der Waals surface area contributed by atoms with Crippen molar-refractivity contribution in [3.63, 3.8) is 0 Å². The lowest BCUT2D eigenvalue weighted by atomic mass is 10.1. The van der Waals surface area contributed by atoms with Crippen LogP contribution in [-0.2, 0) is 19.5 Å². The number of nitrogens with zero attached hydrogens (tertiary/aromatic N) is 2. The van der Waals surface area contributed by atoms with Gasteiger partial charge in [-0.1, -0.05) is 48.4 Å². The van der Waals surface area contributed by atoms with Crippen molar-refractivity contribution in [1.82, 2.24) is 9.88 Å². The maximum Gasteiger partial charge on any atom is 0.254 e. The van der Waals surface area contributed by atoms with Crippen LogP contribution in [0.2, 0.25) is 5.15 Å². The van der Waals surface area contributed by atoms with Crippen LogP contribution in [0.1, 0.15) is 39.5 Å². The Bertz CT molecular complexity index is 1350. The van der Waals surface area contributed by atoms with Crippen LogP contribution in [0.25, 0.3) is 10.9 Å². The molecule has 0 aliphatic heterocycles. The van der Waals surface area contributed by atoms with E-state index in [0.717, 1.165) is 34.0 Å². The van der Waals surface area contributed by atoms with Gasteiger partial charge in [-0.05, 0) is 66.9 Å². The number of hydrogen-bond donors (Lipinski definition) is 0. The van der Waals surface area contributed by atoms with E-state index >= 15 is 0 Å². The molecular formula is C29H29ClN2O3. The first-order chi connectivity index (χ1) is 16.9. The average Bonchev–Trinajstić information content (AvgIpc) is 2.88. The summed E-state index contributed by atoms with van der Waals surface area (Å²) in [5, 5.41) is 1.41. The van der Waals surface area contributed by atoms with E-state index in [1.54, 1.807) is 19.1 Å². The summed E-state index contributed by atoms with van der Waals surface area (Å²) in [7, 11) is 3.20. The van der Waals surface area contributed by atoms with E-state index in [2.05, 4.69) is 24.0 Å². The van der Waals surface area contributed by atoms with Crippen LogP contribution in [-0.4, -0.2) is 30.0 Å². The molecule has 0 N–H and O–H groups in total. The third-order valence-electron chi connectivity index (χ3n) is 6.08.